The Morgan fingerprint density at radius 3 is 2.50 bits per heavy atom. The second-order valence-corrected chi connectivity index (χ2v) is 4.60. The monoisotopic (exact) mass is 220 g/mol. The summed E-state index contributed by atoms with van der Waals surface area (Å²) in [4.78, 5) is 0. The Morgan fingerprint density at radius 2 is 2.00 bits per heavy atom. The van der Waals surface area contributed by atoms with Crippen LogP contribution in [-0.4, -0.2) is 10.7 Å². The third-order valence-corrected chi connectivity index (χ3v) is 2.43. The van der Waals surface area contributed by atoms with Crippen molar-refractivity contribution in [3.63, 3.8) is 0 Å². The van der Waals surface area contributed by atoms with Crippen molar-refractivity contribution in [3.8, 4) is 0 Å². The zero-order valence-electron chi connectivity index (χ0n) is 10.8. The van der Waals surface area contributed by atoms with Crippen LogP contribution in [0.25, 0.3) is 0 Å². The number of hydrogen-bond donors (Lipinski definition) is 1. The SMILES string of the molecule is C=C[C@](C)(O)CC/C=C(\C)C/C=C/C(=C)C. The van der Waals surface area contributed by atoms with Gasteiger partial charge < -0.3 is 5.11 Å². The van der Waals surface area contributed by atoms with Crippen LogP contribution in [0.1, 0.15) is 40.0 Å². The van der Waals surface area contributed by atoms with Crippen LogP contribution in [0.4, 0.5) is 0 Å². The van der Waals surface area contributed by atoms with Gasteiger partial charge in [0.25, 0.3) is 0 Å². The van der Waals surface area contributed by atoms with E-state index in [4.69, 9.17) is 0 Å². The second-order valence-electron chi connectivity index (χ2n) is 4.60. The van der Waals surface area contributed by atoms with Crippen LogP contribution in [-0.2, 0) is 0 Å². The number of hydrogen-bond acceptors (Lipinski definition) is 1. The Hall–Kier alpha value is -1.08. The van der Waals surface area contributed by atoms with Gasteiger partial charge in [0.15, 0.2) is 0 Å². The maximum atomic E-state index is 9.71. The van der Waals surface area contributed by atoms with E-state index >= 15 is 0 Å². The maximum absolute atomic E-state index is 9.71. The molecule has 0 heterocycles. The first kappa shape index (κ1) is 14.9. The van der Waals surface area contributed by atoms with Crippen LogP contribution in [0.2, 0.25) is 0 Å². The van der Waals surface area contributed by atoms with Crippen LogP contribution in [0.5, 0.6) is 0 Å². The lowest BCUT2D eigenvalue weighted by atomic mass is 9.99. The van der Waals surface area contributed by atoms with Crippen molar-refractivity contribution in [2.45, 2.75) is 45.6 Å². The van der Waals surface area contributed by atoms with Crippen LogP contribution in [0.3, 0.4) is 0 Å². The van der Waals surface area contributed by atoms with E-state index in [2.05, 4.69) is 32.2 Å². The molecule has 0 aromatic carbocycles. The highest BCUT2D eigenvalue weighted by Crippen LogP contribution is 2.14. The average Bonchev–Trinajstić information content (AvgIpc) is 2.17. The highest BCUT2D eigenvalue weighted by Gasteiger charge is 2.12. The number of rotatable bonds is 7. The summed E-state index contributed by atoms with van der Waals surface area (Å²) in [5.74, 6) is 0. The predicted octanol–water partition coefficient (Wildman–Crippen LogP) is 4.17. The molecule has 0 bridgehead atoms. The summed E-state index contributed by atoms with van der Waals surface area (Å²) in [6.45, 7) is 13.3. The Balaban J connectivity index is 3.97. The average molecular weight is 220 g/mol. The van der Waals surface area contributed by atoms with Crippen molar-refractivity contribution >= 4 is 0 Å². The number of aliphatic hydroxyl groups is 1. The fraction of sp³-hybridized carbons (Fsp3) is 0.467. The molecule has 90 valence electrons. The van der Waals surface area contributed by atoms with E-state index in [9.17, 15) is 5.11 Å². The van der Waals surface area contributed by atoms with Gasteiger partial charge in [-0.25, -0.2) is 0 Å². The minimum absolute atomic E-state index is 0.720. The molecule has 0 saturated carbocycles. The van der Waals surface area contributed by atoms with Crippen molar-refractivity contribution in [2.24, 2.45) is 0 Å². The molecule has 0 rings (SSSR count). The summed E-state index contributed by atoms with van der Waals surface area (Å²) in [5.41, 5.74) is 1.64. The first-order valence-electron chi connectivity index (χ1n) is 5.71. The summed E-state index contributed by atoms with van der Waals surface area (Å²) >= 11 is 0. The van der Waals surface area contributed by atoms with Gasteiger partial charge in [-0.2, -0.15) is 0 Å². The lowest BCUT2D eigenvalue weighted by Crippen LogP contribution is -2.19. The normalized spacial score (nSPS) is 16.1. The smallest absolute Gasteiger partial charge is 0.0800 e. The van der Waals surface area contributed by atoms with Crippen LogP contribution in [0, 0.1) is 0 Å². The van der Waals surface area contributed by atoms with Crippen LogP contribution < -0.4 is 0 Å². The van der Waals surface area contributed by atoms with Crippen molar-refractivity contribution in [1.29, 1.82) is 0 Å². The summed E-state index contributed by atoms with van der Waals surface area (Å²) < 4.78 is 0. The van der Waals surface area contributed by atoms with E-state index in [1.807, 2.05) is 13.0 Å². The van der Waals surface area contributed by atoms with Gasteiger partial charge in [-0.05, 0) is 40.0 Å². The fourth-order valence-corrected chi connectivity index (χ4v) is 1.24. The third-order valence-electron chi connectivity index (χ3n) is 2.43. The maximum Gasteiger partial charge on any atom is 0.0800 e. The largest absolute Gasteiger partial charge is 0.386 e. The van der Waals surface area contributed by atoms with E-state index < -0.39 is 5.60 Å². The van der Waals surface area contributed by atoms with Crippen molar-refractivity contribution in [1.82, 2.24) is 0 Å². The second kappa shape index (κ2) is 7.24. The molecule has 0 radical (unpaired) electrons. The van der Waals surface area contributed by atoms with E-state index in [1.165, 1.54) is 5.57 Å². The summed E-state index contributed by atoms with van der Waals surface area (Å²) in [6.07, 6.45) is 10.4. The van der Waals surface area contributed by atoms with E-state index in [1.54, 1.807) is 13.0 Å². The predicted molar refractivity (Wildman–Crippen MR) is 72.4 cm³/mol. The van der Waals surface area contributed by atoms with Crippen LogP contribution in [0.15, 0.2) is 48.6 Å². The zero-order chi connectivity index (χ0) is 12.6. The topological polar surface area (TPSA) is 20.2 Å². The first-order chi connectivity index (χ1) is 7.37. The minimum atomic E-state index is -0.746. The minimum Gasteiger partial charge on any atom is -0.386 e. The molecule has 0 amide bonds. The lowest BCUT2D eigenvalue weighted by molar-refractivity contribution is 0.103. The van der Waals surface area contributed by atoms with Gasteiger partial charge in [-0.15, -0.1) is 6.58 Å². The summed E-state index contributed by atoms with van der Waals surface area (Å²) in [5, 5.41) is 9.71. The Labute approximate surface area is 99.9 Å². The summed E-state index contributed by atoms with van der Waals surface area (Å²) in [6, 6.07) is 0. The molecule has 1 atom stereocenters. The van der Waals surface area contributed by atoms with Gasteiger partial charge in [0.1, 0.15) is 0 Å². The standard InChI is InChI=1S/C15H24O/c1-6-15(5,16)12-8-11-14(4)10-7-9-13(2)3/h6-7,9,11,16H,1-2,8,10,12H2,3-5H3/b9-7+,14-11+/t15-/m0/s1. The highest BCUT2D eigenvalue weighted by atomic mass is 16.3. The Morgan fingerprint density at radius 1 is 1.38 bits per heavy atom. The molecule has 0 saturated heterocycles. The number of allylic oxidation sites excluding steroid dienone is 5. The molecule has 1 nitrogen and oxygen atoms in total. The Bertz CT molecular complexity index is 293. The zero-order valence-corrected chi connectivity index (χ0v) is 10.8. The van der Waals surface area contributed by atoms with E-state index in [0.717, 1.165) is 24.8 Å². The molecule has 0 aliphatic carbocycles. The Kier molecular flexibility index (Phi) is 6.75. The van der Waals surface area contributed by atoms with E-state index in [0.29, 0.717) is 0 Å². The quantitative estimate of drug-likeness (QED) is 0.504. The van der Waals surface area contributed by atoms with Gasteiger partial charge >= 0.3 is 0 Å². The summed E-state index contributed by atoms with van der Waals surface area (Å²) in [7, 11) is 0. The van der Waals surface area contributed by atoms with Gasteiger partial charge in [0, 0.05) is 0 Å². The molecule has 1 N–H and O–H groups in total. The molecular weight excluding hydrogens is 196 g/mol. The molecule has 1 heteroatoms. The van der Waals surface area contributed by atoms with E-state index in [-0.39, 0.29) is 0 Å². The lowest BCUT2D eigenvalue weighted by Gasteiger charge is -2.16. The highest BCUT2D eigenvalue weighted by molar-refractivity contribution is 5.14. The molecular formula is C15H24O. The molecule has 0 spiro atoms. The molecule has 0 aliphatic rings. The van der Waals surface area contributed by atoms with Crippen molar-refractivity contribution < 1.29 is 5.11 Å². The fourth-order valence-electron chi connectivity index (χ4n) is 1.24. The molecule has 0 fully saturated rings. The third kappa shape index (κ3) is 8.25. The molecule has 0 aromatic rings. The van der Waals surface area contributed by atoms with Gasteiger partial charge in [-0.1, -0.05) is 42.0 Å². The molecule has 0 aliphatic heterocycles. The van der Waals surface area contributed by atoms with Gasteiger partial charge in [0.2, 0.25) is 0 Å². The molecule has 0 aromatic heterocycles. The first-order valence-corrected chi connectivity index (χ1v) is 5.71. The van der Waals surface area contributed by atoms with Crippen molar-refractivity contribution in [3.05, 3.63) is 48.6 Å². The molecule has 16 heavy (non-hydrogen) atoms. The van der Waals surface area contributed by atoms with Gasteiger partial charge in [-0.3, -0.25) is 0 Å². The molecule has 0 unspecified atom stereocenters. The van der Waals surface area contributed by atoms with Gasteiger partial charge in [0.05, 0.1) is 5.60 Å². The van der Waals surface area contributed by atoms with Crippen LogP contribution >= 0.6 is 0 Å². The van der Waals surface area contributed by atoms with Crippen molar-refractivity contribution in [2.75, 3.05) is 0 Å².